The normalized spacial score (nSPS) is 21.7. The number of nitrogens with zero attached hydrogens (tertiary/aromatic N) is 2. The van der Waals surface area contributed by atoms with E-state index < -0.39 is 11.8 Å². The standard InChI is InChI=1S/C23H25N5O4/c1-12-2-5-19(13-3-4-17-14(6-13)7-20(29)26-17)28(9-12)23(31)22(30)27-18-8-25-21(24)16-11-32-10-15(16)18/h3-4,6,8,12,19H,2,5,7,9-11H2,1H3,(H2,24,25)(H,26,29)(H,27,30). The zero-order valence-electron chi connectivity index (χ0n) is 17.8. The molecule has 2 atom stereocenters. The molecule has 2 aromatic rings. The Bertz CT molecular complexity index is 1130. The fourth-order valence-corrected chi connectivity index (χ4v) is 4.78. The van der Waals surface area contributed by atoms with Crippen molar-refractivity contribution in [1.29, 1.82) is 0 Å². The predicted molar refractivity (Wildman–Crippen MR) is 117 cm³/mol. The molecule has 1 aromatic carbocycles. The number of aromatic nitrogens is 1. The summed E-state index contributed by atoms with van der Waals surface area (Å²) in [5.74, 6) is -0.660. The minimum atomic E-state index is -0.706. The Morgan fingerprint density at radius 3 is 2.91 bits per heavy atom. The molecule has 4 N–H and O–H groups in total. The van der Waals surface area contributed by atoms with Crippen molar-refractivity contribution >= 4 is 34.9 Å². The third-order valence-corrected chi connectivity index (χ3v) is 6.48. The van der Waals surface area contributed by atoms with E-state index in [1.54, 1.807) is 4.90 Å². The van der Waals surface area contributed by atoms with Gasteiger partial charge in [0.2, 0.25) is 5.91 Å². The number of anilines is 3. The number of pyridine rings is 1. The van der Waals surface area contributed by atoms with E-state index in [0.717, 1.165) is 40.8 Å². The number of nitrogens with one attached hydrogen (secondary N) is 2. The van der Waals surface area contributed by atoms with Gasteiger partial charge in [0.05, 0.1) is 37.6 Å². The highest BCUT2D eigenvalue weighted by molar-refractivity contribution is 6.39. The molecule has 0 aliphatic carbocycles. The van der Waals surface area contributed by atoms with E-state index in [1.165, 1.54) is 6.20 Å². The molecule has 2 unspecified atom stereocenters. The lowest BCUT2D eigenvalue weighted by molar-refractivity contribution is -0.146. The maximum Gasteiger partial charge on any atom is 0.313 e. The molecule has 0 saturated carbocycles. The maximum absolute atomic E-state index is 13.3. The number of nitrogen functional groups attached to an aromatic ring is 1. The van der Waals surface area contributed by atoms with E-state index >= 15 is 0 Å². The number of carbonyl (C=O) groups is 3. The fourth-order valence-electron chi connectivity index (χ4n) is 4.78. The molecule has 3 aliphatic rings. The number of fused-ring (bicyclic) bond motifs is 2. The summed E-state index contributed by atoms with van der Waals surface area (Å²) in [4.78, 5) is 43.7. The highest BCUT2D eigenvalue weighted by atomic mass is 16.5. The second-order valence-electron chi connectivity index (χ2n) is 8.76. The molecule has 3 aliphatic heterocycles. The summed E-state index contributed by atoms with van der Waals surface area (Å²) in [6, 6.07) is 5.56. The van der Waals surface area contributed by atoms with Crippen LogP contribution in [0.2, 0.25) is 0 Å². The number of piperidine rings is 1. The molecule has 9 heteroatoms. The number of likely N-dealkylation sites (tertiary alicyclic amines) is 1. The smallest absolute Gasteiger partial charge is 0.313 e. The second-order valence-corrected chi connectivity index (χ2v) is 8.76. The predicted octanol–water partition coefficient (Wildman–Crippen LogP) is 2.13. The Morgan fingerprint density at radius 2 is 2.06 bits per heavy atom. The van der Waals surface area contributed by atoms with Crippen molar-refractivity contribution in [3.63, 3.8) is 0 Å². The lowest BCUT2D eigenvalue weighted by atomic mass is 9.89. The number of carbonyl (C=O) groups excluding carboxylic acids is 3. The third-order valence-electron chi connectivity index (χ3n) is 6.48. The number of amides is 3. The summed E-state index contributed by atoms with van der Waals surface area (Å²) < 4.78 is 5.43. The molecule has 0 spiro atoms. The zero-order chi connectivity index (χ0) is 22.4. The molecular formula is C23H25N5O4. The van der Waals surface area contributed by atoms with E-state index in [4.69, 9.17) is 10.5 Å². The van der Waals surface area contributed by atoms with Gasteiger partial charge in [-0.2, -0.15) is 0 Å². The number of ether oxygens (including phenoxy) is 1. The van der Waals surface area contributed by atoms with Crippen LogP contribution in [0.3, 0.4) is 0 Å². The van der Waals surface area contributed by atoms with Crippen LogP contribution in [0, 0.1) is 5.92 Å². The van der Waals surface area contributed by atoms with Crippen molar-refractivity contribution in [3.05, 3.63) is 46.6 Å². The van der Waals surface area contributed by atoms with Crippen LogP contribution in [0.25, 0.3) is 0 Å². The minimum absolute atomic E-state index is 0.0321. The van der Waals surface area contributed by atoms with Gasteiger partial charge >= 0.3 is 11.8 Å². The van der Waals surface area contributed by atoms with Gasteiger partial charge < -0.3 is 26.0 Å². The van der Waals surface area contributed by atoms with Gasteiger partial charge in [-0.15, -0.1) is 0 Å². The summed E-state index contributed by atoms with van der Waals surface area (Å²) in [5, 5.41) is 5.55. The number of rotatable bonds is 2. The average molecular weight is 435 g/mol. The van der Waals surface area contributed by atoms with E-state index in [9.17, 15) is 14.4 Å². The Labute approximate surface area is 185 Å². The van der Waals surface area contributed by atoms with Crippen LogP contribution in [0.1, 0.15) is 48.1 Å². The van der Waals surface area contributed by atoms with Gasteiger partial charge in [-0.25, -0.2) is 4.98 Å². The highest BCUT2D eigenvalue weighted by Crippen LogP contribution is 2.36. The highest BCUT2D eigenvalue weighted by Gasteiger charge is 2.35. The summed E-state index contributed by atoms with van der Waals surface area (Å²) in [6.07, 6.45) is 3.51. The summed E-state index contributed by atoms with van der Waals surface area (Å²) >= 11 is 0. The van der Waals surface area contributed by atoms with Gasteiger partial charge in [-0.1, -0.05) is 19.1 Å². The minimum Gasteiger partial charge on any atom is -0.383 e. The van der Waals surface area contributed by atoms with E-state index in [2.05, 4.69) is 22.5 Å². The molecule has 5 rings (SSSR count). The molecule has 1 aromatic heterocycles. The number of hydrogen-bond acceptors (Lipinski definition) is 6. The number of hydrogen-bond donors (Lipinski definition) is 3. The zero-order valence-corrected chi connectivity index (χ0v) is 17.8. The molecule has 0 bridgehead atoms. The van der Waals surface area contributed by atoms with Crippen LogP contribution in [0.5, 0.6) is 0 Å². The van der Waals surface area contributed by atoms with E-state index in [-0.39, 0.29) is 17.9 Å². The lowest BCUT2D eigenvalue weighted by Gasteiger charge is -2.38. The van der Waals surface area contributed by atoms with Crippen LogP contribution < -0.4 is 16.4 Å². The number of benzene rings is 1. The van der Waals surface area contributed by atoms with Gasteiger partial charge in [0, 0.05) is 23.4 Å². The monoisotopic (exact) mass is 435 g/mol. The van der Waals surface area contributed by atoms with Crippen molar-refractivity contribution < 1.29 is 19.1 Å². The first-order valence-electron chi connectivity index (χ1n) is 10.8. The van der Waals surface area contributed by atoms with Crippen molar-refractivity contribution in [2.24, 2.45) is 5.92 Å². The second kappa shape index (κ2) is 7.90. The first-order valence-corrected chi connectivity index (χ1v) is 10.8. The van der Waals surface area contributed by atoms with Crippen LogP contribution in [-0.4, -0.2) is 34.2 Å². The Morgan fingerprint density at radius 1 is 1.25 bits per heavy atom. The van der Waals surface area contributed by atoms with E-state index in [1.807, 2.05) is 18.2 Å². The lowest BCUT2D eigenvalue weighted by Crippen LogP contribution is -2.46. The molecule has 4 heterocycles. The first kappa shape index (κ1) is 20.4. The Balaban J connectivity index is 1.38. The van der Waals surface area contributed by atoms with Crippen molar-refractivity contribution in [3.8, 4) is 0 Å². The quantitative estimate of drug-likeness (QED) is 0.620. The maximum atomic E-state index is 13.3. The van der Waals surface area contributed by atoms with Crippen molar-refractivity contribution in [1.82, 2.24) is 9.88 Å². The summed E-state index contributed by atoms with van der Waals surface area (Å²) in [5.41, 5.74) is 10.5. The molecule has 32 heavy (non-hydrogen) atoms. The molecule has 3 amide bonds. The summed E-state index contributed by atoms with van der Waals surface area (Å²) in [7, 11) is 0. The molecule has 9 nitrogen and oxygen atoms in total. The Kier molecular flexibility index (Phi) is 5.05. The third kappa shape index (κ3) is 3.58. The van der Waals surface area contributed by atoms with Crippen molar-refractivity contribution in [2.45, 2.75) is 45.4 Å². The van der Waals surface area contributed by atoms with Gasteiger partial charge in [0.25, 0.3) is 0 Å². The SMILES string of the molecule is CC1CCC(c2ccc3c(c2)CC(=O)N3)N(C(=O)C(=O)Nc2cnc(N)c3c2COC3)C1. The average Bonchev–Trinajstić information content (AvgIpc) is 3.41. The topological polar surface area (TPSA) is 127 Å². The molecule has 1 fully saturated rings. The van der Waals surface area contributed by atoms with Crippen LogP contribution in [0.15, 0.2) is 24.4 Å². The molecular weight excluding hydrogens is 410 g/mol. The van der Waals surface area contributed by atoms with Crippen molar-refractivity contribution in [2.75, 3.05) is 22.9 Å². The van der Waals surface area contributed by atoms with Gasteiger partial charge in [-0.3, -0.25) is 14.4 Å². The fraction of sp³-hybridized carbons (Fsp3) is 0.391. The molecule has 166 valence electrons. The van der Waals surface area contributed by atoms with Crippen LogP contribution in [0.4, 0.5) is 17.2 Å². The largest absolute Gasteiger partial charge is 0.383 e. The van der Waals surface area contributed by atoms with Gasteiger partial charge in [0.15, 0.2) is 0 Å². The van der Waals surface area contributed by atoms with Gasteiger partial charge in [-0.05, 0) is 36.0 Å². The summed E-state index contributed by atoms with van der Waals surface area (Å²) in [6.45, 7) is 3.23. The van der Waals surface area contributed by atoms with Gasteiger partial charge in [0.1, 0.15) is 5.82 Å². The molecule has 1 saturated heterocycles. The number of nitrogens with two attached hydrogens (primary N) is 1. The van der Waals surface area contributed by atoms with E-state index in [0.29, 0.717) is 37.7 Å². The molecule has 0 radical (unpaired) electrons. The van der Waals surface area contributed by atoms with Crippen LogP contribution >= 0.6 is 0 Å². The Hall–Kier alpha value is -3.46. The van der Waals surface area contributed by atoms with Crippen LogP contribution in [-0.2, 0) is 38.8 Å². The first-order chi connectivity index (χ1) is 15.4.